The van der Waals surface area contributed by atoms with E-state index in [-0.39, 0.29) is 5.65 Å². The molecule has 0 bridgehead atoms. The molecule has 0 unspecified atom stereocenters. The number of benzene rings is 1. The second-order valence-corrected chi connectivity index (χ2v) is 7.40. The highest BCUT2D eigenvalue weighted by Gasteiger charge is 2.37. The Labute approximate surface area is 158 Å². The van der Waals surface area contributed by atoms with Crippen molar-refractivity contribution < 1.29 is 13.2 Å². The lowest BCUT2D eigenvalue weighted by atomic mass is 9.98. The van der Waals surface area contributed by atoms with Gasteiger partial charge >= 0.3 is 6.18 Å². The molecule has 1 fully saturated rings. The van der Waals surface area contributed by atoms with E-state index in [1.807, 2.05) is 31.2 Å². The van der Waals surface area contributed by atoms with E-state index in [9.17, 15) is 13.2 Å². The summed E-state index contributed by atoms with van der Waals surface area (Å²) in [6, 6.07) is 9.48. The molecule has 3 heterocycles. The SMILES string of the molecule is Cc1cccc2cnn(-c3cc(C4CCCC4)cc4nc(C(F)(F)F)nn34)c12. The van der Waals surface area contributed by atoms with Crippen LogP contribution in [0.4, 0.5) is 13.2 Å². The molecule has 0 N–H and O–H groups in total. The van der Waals surface area contributed by atoms with Gasteiger partial charge in [-0.15, -0.1) is 5.10 Å². The van der Waals surface area contributed by atoms with Crippen molar-refractivity contribution in [1.29, 1.82) is 0 Å². The summed E-state index contributed by atoms with van der Waals surface area (Å²) in [6.07, 6.45) is 1.46. The third-order valence-corrected chi connectivity index (χ3v) is 5.53. The van der Waals surface area contributed by atoms with E-state index >= 15 is 0 Å². The van der Waals surface area contributed by atoms with Gasteiger partial charge < -0.3 is 0 Å². The summed E-state index contributed by atoms with van der Waals surface area (Å²) in [5.74, 6) is -0.324. The number of nitrogens with zero attached hydrogens (tertiary/aromatic N) is 5. The first-order chi connectivity index (χ1) is 13.4. The van der Waals surface area contributed by atoms with Gasteiger partial charge in [-0.2, -0.15) is 22.8 Å². The van der Waals surface area contributed by atoms with E-state index in [0.29, 0.717) is 11.7 Å². The normalized spacial score (nSPS) is 15.9. The molecule has 3 aromatic heterocycles. The lowest BCUT2D eigenvalue weighted by Crippen LogP contribution is -2.10. The number of halogens is 3. The first-order valence-electron chi connectivity index (χ1n) is 9.33. The predicted molar refractivity (Wildman–Crippen MR) is 98.6 cm³/mol. The zero-order chi connectivity index (χ0) is 19.5. The summed E-state index contributed by atoms with van der Waals surface area (Å²) >= 11 is 0. The van der Waals surface area contributed by atoms with Crippen molar-refractivity contribution in [2.24, 2.45) is 0 Å². The zero-order valence-electron chi connectivity index (χ0n) is 15.2. The van der Waals surface area contributed by atoms with Crippen LogP contribution >= 0.6 is 0 Å². The van der Waals surface area contributed by atoms with Crippen molar-refractivity contribution in [2.45, 2.75) is 44.7 Å². The highest BCUT2D eigenvalue weighted by Crippen LogP contribution is 2.36. The second-order valence-electron chi connectivity index (χ2n) is 7.40. The van der Waals surface area contributed by atoms with Crippen molar-refractivity contribution in [3.05, 3.63) is 53.5 Å². The van der Waals surface area contributed by atoms with Crippen molar-refractivity contribution in [3.63, 3.8) is 0 Å². The molecular weight excluding hydrogens is 367 g/mol. The highest BCUT2D eigenvalue weighted by molar-refractivity contribution is 5.83. The summed E-state index contributed by atoms with van der Waals surface area (Å²) in [6.45, 7) is 1.96. The minimum absolute atomic E-state index is 0.198. The Morgan fingerprint density at radius 3 is 2.64 bits per heavy atom. The third-order valence-electron chi connectivity index (χ3n) is 5.53. The molecule has 1 aromatic carbocycles. The Bertz CT molecular complexity index is 1180. The van der Waals surface area contributed by atoms with Crippen LogP contribution in [0.1, 0.15) is 48.6 Å². The third kappa shape index (κ3) is 2.66. The summed E-state index contributed by atoms with van der Waals surface area (Å²) in [5.41, 5.74) is 3.05. The summed E-state index contributed by atoms with van der Waals surface area (Å²) in [5, 5.41) is 9.15. The Kier molecular flexibility index (Phi) is 3.72. The molecule has 0 spiro atoms. The molecule has 5 rings (SSSR count). The van der Waals surface area contributed by atoms with Crippen molar-refractivity contribution in [1.82, 2.24) is 24.4 Å². The van der Waals surface area contributed by atoms with E-state index in [1.165, 1.54) is 4.52 Å². The van der Waals surface area contributed by atoms with E-state index in [2.05, 4.69) is 15.2 Å². The van der Waals surface area contributed by atoms with Gasteiger partial charge in [-0.05, 0) is 48.9 Å². The van der Waals surface area contributed by atoms with Gasteiger partial charge in [-0.3, -0.25) is 0 Å². The Morgan fingerprint density at radius 1 is 1.11 bits per heavy atom. The van der Waals surface area contributed by atoms with Gasteiger partial charge in [-0.25, -0.2) is 9.67 Å². The van der Waals surface area contributed by atoms with E-state index in [4.69, 9.17) is 0 Å². The van der Waals surface area contributed by atoms with Crippen LogP contribution in [0.25, 0.3) is 22.4 Å². The lowest BCUT2D eigenvalue weighted by Gasteiger charge is -2.14. The Balaban J connectivity index is 1.81. The van der Waals surface area contributed by atoms with Gasteiger partial charge in [0.25, 0.3) is 5.82 Å². The quantitative estimate of drug-likeness (QED) is 0.485. The number of pyridine rings is 1. The Morgan fingerprint density at radius 2 is 1.89 bits per heavy atom. The molecule has 1 saturated carbocycles. The standard InChI is InChI=1S/C20H18F3N5/c1-12-5-4-8-14-11-24-28(18(12)14)17-10-15(13-6-2-3-7-13)9-16-25-19(20(21,22)23)26-27(16)17/h4-5,8-11,13H,2-3,6-7H2,1H3. The minimum atomic E-state index is -4.60. The molecule has 5 nitrogen and oxygen atoms in total. The molecule has 8 heteroatoms. The Hall–Kier alpha value is -2.90. The van der Waals surface area contributed by atoms with Crippen molar-refractivity contribution in [2.75, 3.05) is 0 Å². The van der Waals surface area contributed by atoms with Crippen molar-refractivity contribution in [3.8, 4) is 5.82 Å². The maximum absolute atomic E-state index is 13.3. The number of alkyl halides is 3. The fourth-order valence-electron chi connectivity index (χ4n) is 4.18. The molecule has 0 radical (unpaired) electrons. The molecule has 28 heavy (non-hydrogen) atoms. The molecule has 1 aliphatic rings. The average molecular weight is 385 g/mol. The monoisotopic (exact) mass is 385 g/mol. The smallest absolute Gasteiger partial charge is 0.214 e. The van der Waals surface area contributed by atoms with Gasteiger partial charge in [-0.1, -0.05) is 31.0 Å². The fraction of sp³-hybridized carbons (Fsp3) is 0.350. The number of aromatic nitrogens is 5. The summed E-state index contributed by atoms with van der Waals surface area (Å²) < 4.78 is 42.7. The zero-order valence-corrected chi connectivity index (χ0v) is 15.2. The van der Waals surface area contributed by atoms with Crippen LogP contribution in [-0.4, -0.2) is 24.4 Å². The first-order valence-corrected chi connectivity index (χ1v) is 9.33. The molecule has 0 amide bonds. The summed E-state index contributed by atoms with van der Waals surface area (Å²) in [4.78, 5) is 3.77. The van der Waals surface area contributed by atoms with Crippen LogP contribution in [0.3, 0.4) is 0 Å². The largest absolute Gasteiger partial charge is 0.453 e. The molecule has 4 aromatic rings. The minimum Gasteiger partial charge on any atom is -0.214 e. The van der Waals surface area contributed by atoms with Gasteiger partial charge in [0.05, 0.1) is 11.7 Å². The van der Waals surface area contributed by atoms with Gasteiger partial charge in [0.15, 0.2) is 11.5 Å². The molecular formula is C20H18F3N5. The molecule has 0 aliphatic heterocycles. The predicted octanol–water partition coefficient (Wildman–Crippen LogP) is 5.05. The number of aryl methyl sites for hydroxylation is 1. The van der Waals surface area contributed by atoms with Crippen LogP contribution in [0.15, 0.2) is 36.5 Å². The van der Waals surface area contributed by atoms with E-state index in [0.717, 1.165) is 47.7 Å². The number of para-hydroxylation sites is 1. The molecule has 0 atom stereocenters. The number of fused-ring (bicyclic) bond motifs is 2. The summed E-state index contributed by atoms with van der Waals surface area (Å²) in [7, 11) is 0. The number of hydrogen-bond acceptors (Lipinski definition) is 3. The second kappa shape index (κ2) is 6.05. The maximum atomic E-state index is 13.3. The maximum Gasteiger partial charge on any atom is 0.453 e. The van der Waals surface area contributed by atoms with Crippen LogP contribution in [0.2, 0.25) is 0 Å². The lowest BCUT2D eigenvalue weighted by molar-refractivity contribution is -0.144. The number of rotatable bonds is 2. The van der Waals surface area contributed by atoms with Gasteiger partial charge in [0.2, 0.25) is 0 Å². The fourth-order valence-corrected chi connectivity index (χ4v) is 4.18. The van der Waals surface area contributed by atoms with Crippen LogP contribution in [-0.2, 0) is 6.18 Å². The number of hydrogen-bond donors (Lipinski definition) is 0. The highest BCUT2D eigenvalue weighted by atomic mass is 19.4. The molecule has 1 aliphatic carbocycles. The van der Waals surface area contributed by atoms with Crippen LogP contribution < -0.4 is 0 Å². The van der Waals surface area contributed by atoms with Crippen LogP contribution in [0.5, 0.6) is 0 Å². The molecule has 0 saturated heterocycles. The van der Waals surface area contributed by atoms with Gasteiger partial charge in [0.1, 0.15) is 0 Å². The first kappa shape index (κ1) is 17.2. The van der Waals surface area contributed by atoms with E-state index in [1.54, 1.807) is 16.9 Å². The van der Waals surface area contributed by atoms with Crippen molar-refractivity contribution >= 4 is 16.6 Å². The average Bonchev–Trinajstić information content (AvgIpc) is 3.39. The molecule has 144 valence electrons. The van der Waals surface area contributed by atoms with Gasteiger partial charge in [0, 0.05) is 5.39 Å². The van der Waals surface area contributed by atoms with Crippen LogP contribution in [0, 0.1) is 6.92 Å². The van der Waals surface area contributed by atoms with E-state index < -0.39 is 12.0 Å². The topological polar surface area (TPSA) is 48.0 Å².